The van der Waals surface area contributed by atoms with E-state index in [9.17, 15) is 4.79 Å². The number of ketones is 1. The van der Waals surface area contributed by atoms with Gasteiger partial charge in [0.15, 0.2) is 5.78 Å². The standard InChI is InChI=1S/C11H13N3O2/c12-8-3-4-14-10(6-8)9(7-13-14)11(16)2-1-5-15/h3-4,6-7,15H,1-2,5,12H2. The molecule has 0 saturated heterocycles. The lowest BCUT2D eigenvalue weighted by Gasteiger charge is -1.99. The van der Waals surface area contributed by atoms with Crippen LogP contribution in [0.2, 0.25) is 0 Å². The number of nitrogens with two attached hydrogens (primary N) is 1. The van der Waals surface area contributed by atoms with Gasteiger partial charge in [0.05, 0.1) is 17.3 Å². The highest BCUT2D eigenvalue weighted by atomic mass is 16.3. The van der Waals surface area contributed by atoms with Crippen molar-refractivity contribution in [2.75, 3.05) is 12.3 Å². The Morgan fingerprint density at radius 1 is 1.56 bits per heavy atom. The molecule has 0 amide bonds. The number of hydrogen-bond donors (Lipinski definition) is 2. The van der Waals surface area contributed by atoms with Crippen LogP contribution in [-0.4, -0.2) is 27.1 Å². The number of Topliss-reactive ketones (excluding diaryl/α,β-unsaturated/α-hetero) is 1. The lowest BCUT2D eigenvalue weighted by Crippen LogP contribution is -2.00. The Hall–Kier alpha value is -1.88. The molecule has 0 spiro atoms. The van der Waals surface area contributed by atoms with Crippen LogP contribution in [0, 0.1) is 0 Å². The van der Waals surface area contributed by atoms with E-state index in [0.29, 0.717) is 29.6 Å². The average molecular weight is 219 g/mol. The van der Waals surface area contributed by atoms with Gasteiger partial charge >= 0.3 is 0 Å². The predicted octanol–water partition coefficient (Wildman–Crippen LogP) is 0.872. The van der Waals surface area contributed by atoms with Crippen molar-refractivity contribution in [1.82, 2.24) is 9.61 Å². The van der Waals surface area contributed by atoms with Gasteiger partial charge in [-0.1, -0.05) is 0 Å². The van der Waals surface area contributed by atoms with Crippen molar-refractivity contribution in [3.8, 4) is 0 Å². The van der Waals surface area contributed by atoms with E-state index in [1.807, 2.05) is 0 Å². The van der Waals surface area contributed by atoms with Crippen molar-refractivity contribution < 1.29 is 9.90 Å². The maximum absolute atomic E-state index is 11.8. The molecule has 5 heteroatoms. The normalized spacial score (nSPS) is 10.8. The second-order valence-electron chi connectivity index (χ2n) is 3.60. The molecule has 0 aliphatic heterocycles. The molecule has 0 saturated carbocycles. The largest absolute Gasteiger partial charge is 0.399 e. The number of aliphatic hydroxyl groups is 1. The first kappa shape index (κ1) is 10.6. The second kappa shape index (κ2) is 4.32. The maximum atomic E-state index is 11.8. The molecule has 0 unspecified atom stereocenters. The van der Waals surface area contributed by atoms with Gasteiger partial charge in [0.25, 0.3) is 0 Å². The Morgan fingerprint density at radius 3 is 3.12 bits per heavy atom. The van der Waals surface area contributed by atoms with Crippen molar-refractivity contribution >= 4 is 17.0 Å². The van der Waals surface area contributed by atoms with Crippen LogP contribution in [-0.2, 0) is 0 Å². The van der Waals surface area contributed by atoms with Crippen LogP contribution in [0.1, 0.15) is 23.2 Å². The van der Waals surface area contributed by atoms with E-state index in [-0.39, 0.29) is 12.4 Å². The number of anilines is 1. The summed E-state index contributed by atoms with van der Waals surface area (Å²) in [5.41, 5.74) is 7.53. The third-order valence-electron chi connectivity index (χ3n) is 2.41. The topological polar surface area (TPSA) is 80.6 Å². The molecule has 2 aromatic heterocycles. The molecule has 0 aromatic carbocycles. The van der Waals surface area contributed by atoms with Gasteiger partial charge in [-0.25, -0.2) is 4.52 Å². The summed E-state index contributed by atoms with van der Waals surface area (Å²) in [6.07, 6.45) is 4.05. The molecular weight excluding hydrogens is 206 g/mol. The third kappa shape index (κ3) is 1.90. The maximum Gasteiger partial charge on any atom is 0.166 e. The Labute approximate surface area is 92.5 Å². The summed E-state index contributed by atoms with van der Waals surface area (Å²) in [5, 5.41) is 12.7. The van der Waals surface area contributed by atoms with Crippen LogP contribution < -0.4 is 5.73 Å². The fraction of sp³-hybridized carbons (Fsp3) is 0.273. The first-order chi connectivity index (χ1) is 7.72. The minimum absolute atomic E-state index is 0.0188. The zero-order valence-corrected chi connectivity index (χ0v) is 8.76. The van der Waals surface area contributed by atoms with Gasteiger partial charge in [0.2, 0.25) is 0 Å². The molecule has 16 heavy (non-hydrogen) atoms. The molecule has 2 aromatic rings. The molecular formula is C11H13N3O2. The zero-order valence-electron chi connectivity index (χ0n) is 8.76. The van der Waals surface area contributed by atoms with Gasteiger partial charge in [-0.3, -0.25) is 4.79 Å². The van der Waals surface area contributed by atoms with E-state index in [1.54, 1.807) is 22.8 Å². The fourth-order valence-electron chi connectivity index (χ4n) is 1.59. The summed E-state index contributed by atoms with van der Waals surface area (Å²) in [6.45, 7) is 0.0209. The number of aliphatic hydroxyl groups excluding tert-OH is 1. The highest BCUT2D eigenvalue weighted by Crippen LogP contribution is 2.16. The molecule has 0 radical (unpaired) electrons. The number of rotatable bonds is 4. The average Bonchev–Trinajstić information content (AvgIpc) is 2.68. The second-order valence-corrected chi connectivity index (χ2v) is 3.60. The van der Waals surface area contributed by atoms with Crippen molar-refractivity contribution in [1.29, 1.82) is 0 Å². The van der Waals surface area contributed by atoms with Gasteiger partial charge in [-0.05, 0) is 18.6 Å². The number of carbonyl (C=O) groups excluding carboxylic acids is 1. The molecule has 0 atom stereocenters. The Morgan fingerprint density at radius 2 is 2.38 bits per heavy atom. The predicted molar refractivity (Wildman–Crippen MR) is 60.3 cm³/mol. The van der Waals surface area contributed by atoms with Crippen molar-refractivity contribution in [2.45, 2.75) is 12.8 Å². The van der Waals surface area contributed by atoms with Crippen LogP contribution in [0.4, 0.5) is 5.69 Å². The van der Waals surface area contributed by atoms with Crippen molar-refractivity contribution in [3.05, 3.63) is 30.1 Å². The van der Waals surface area contributed by atoms with Crippen LogP contribution in [0.15, 0.2) is 24.5 Å². The number of hydrogen-bond acceptors (Lipinski definition) is 4. The van der Waals surface area contributed by atoms with E-state index in [2.05, 4.69) is 5.10 Å². The molecule has 0 fully saturated rings. The van der Waals surface area contributed by atoms with E-state index in [0.717, 1.165) is 0 Å². The number of nitrogen functional groups attached to an aromatic ring is 1. The Bertz CT molecular complexity index is 519. The highest BCUT2D eigenvalue weighted by molar-refractivity contribution is 6.02. The SMILES string of the molecule is Nc1ccn2ncc(C(=O)CCCO)c2c1. The van der Waals surface area contributed by atoms with E-state index in [4.69, 9.17) is 10.8 Å². The van der Waals surface area contributed by atoms with Crippen LogP contribution in [0.5, 0.6) is 0 Å². The fourth-order valence-corrected chi connectivity index (χ4v) is 1.59. The molecule has 84 valence electrons. The number of pyridine rings is 1. The third-order valence-corrected chi connectivity index (χ3v) is 2.41. The molecule has 2 heterocycles. The van der Waals surface area contributed by atoms with Gasteiger partial charge in [-0.2, -0.15) is 5.10 Å². The van der Waals surface area contributed by atoms with Gasteiger partial charge in [-0.15, -0.1) is 0 Å². The molecule has 5 nitrogen and oxygen atoms in total. The monoisotopic (exact) mass is 219 g/mol. The van der Waals surface area contributed by atoms with Crippen LogP contribution in [0.3, 0.4) is 0 Å². The summed E-state index contributed by atoms with van der Waals surface area (Å²) in [7, 11) is 0. The first-order valence-corrected chi connectivity index (χ1v) is 5.09. The molecule has 2 rings (SSSR count). The van der Waals surface area contributed by atoms with Crippen molar-refractivity contribution in [2.24, 2.45) is 0 Å². The highest BCUT2D eigenvalue weighted by Gasteiger charge is 2.12. The lowest BCUT2D eigenvalue weighted by molar-refractivity contribution is 0.0973. The molecule has 3 N–H and O–H groups in total. The van der Waals surface area contributed by atoms with E-state index < -0.39 is 0 Å². The van der Waals surface area contributed by atoms with Crippen LogP contribution in [0.25, 0.3) is 5.52 Å². The van der Waals surface area contributed by atoms with Gasteiger partial charge < -0.3 is 10.8 Å². The summed E-state index contributed by atoms with van der Waals surface area (Å²) in [6, 6.07) is 3.45. The van der Waals surface area contributed by atoms with Crippen LogP contribution >= 0.6 is 0 Å². The minimum Gasteiger partial charge on any atom is -0.399 e. The molecule has 0 aliphatic rings. The van der Waals surface area contributed by atoms with E-state index >= 15 is 0 Å². The summed E-state index contributed by atoms with van der Waals surface area (Å²) < 4.78 is 1.61. The Kier molecular flexibility index (Phi) is 2.87. The zero-order chi connectivity index (χ0) is 11.5. The lowest BCUT2D eigenvalue weighted by atomic mass is 10.1. The number of aromatic nitrogens is 2. The minimum atomic E-state index is -0.0188. The molecule has 0 bridgehead atoms. The van der Waals surface area contributed by atoms with Gasteiger partial charge in [0, 0.05) is 24.9 Å². The van der Waals surface area contributed by atoms with Gasteiger partial charge in [0.1, 0.15) is 0 Å². The number of nitrogens with zero attached hydrogens (tertiary/aromatic N) is 2. The summed E-state index contributed by atoms with van der Waals surface area (Å²) in [5.74, 6) is -0.0188. The summed E-state index contributed by atoms with van der Waals surface area (Å²) >= 11 is 0. The quantitative estimate of drug-likeness (QED) is 0.748. The smallest absolute Gasteiger partial charge is 0.166 e. The van der Waals surface area contributed by atoms with E-state index in [1.165, 1.54) is 6.20 Å². The number of fused-ring (bicyclic) bond motifs is 1. The summed E-state index contributed by atoms with van der Waals surface area (Å²) in [4.78, 5) is 11.8. The van der Waals surface area contributed by atoms with Crippen molar-refractivity contribution in [3.63, 3.8) is 0 Å². The molecule has 0 aliphatic carbocycles. The number of carbonyl (C=O) groups is 1. The Balaban J connectivity index is 2.37. The first-order valence-electron chi connectivity index (χ1n) is 5.09.